The second-order valence-corrected chi connectivity index (χ2v) is 3.50. The molecule has 6 nitrogen and oxygen atoms in total. The van der Waals surface area contributed by atoms with Crippen molar-refractivity contribution < 1.29 is 24.6 Å². The number of amides is 1. The Hall–Kier alpha value is -2.63. The molecule has 0 heterocycles. The summed E-state index contributed by atoms with van der Waals surface area (Å²) in [6.07, 6.45) is 0.952. The topological polar surface area (TPSA) is 104 Å². The molecule has 0 aromatic heterocycles. The van der Waals surface area contributed by atoms with Crippen molar-refractivity contribution in [1.82, 2.24) is 0 Å². The highest BCUT2D eigenvalue weighted by atomic mass is 16.4. The summed E-state index contributed by atoms with van der Waals surface area (Å²) in [6.45, 7) is 1.30. The number of rotatable bonds is 4. The molecular formula is C12H11NO5. The van der Waals surface area contributed by atoms with Crippen LogP contribution in [0.3, 0.4) is 0 Å². The fourth-order valence-corrected chi connectivity index (χ4v) is 1.13. The quantitative estimate of drug-likeness (QED) is 0.699. The predicted molar refractivity (Wildman–Crippen MR) is 63.4 cm³/mol. The molecular weight excluding hydrogens is 238 g/mol. The van der Waals surface area contributed by atoms with E-state index in [2.05, 4.69) is 5.32 Å². The molecule has 94 valence electrons. The van der Waals surface area contributed by atoms with Gasteiger partial charge >= 0.3 is 11.9 Å². The van der Waals surface area contributed by atoms with Crippen LogP contribution >= 0.6 is 0 Å². The zero-order valence-corrected chi connectivity index (χ0v) is 9.51. The molecule has 0 bridgehead atoms. The van der Waals surface area contributed by atoms with Gasteiger partial charge in [0.1, 0.15) is 0 Å². The molecule has 0 fully saturated rings. The highest BCUT2D eigenvalue weighted by Gasteiger charge is 2.06. The minimum absolute atomic E-state index is 0.0883. The zero-order valence-electron chi connectivity index (χ0n) is 9.51. The SMILES string of the molecule is CC(=CC(=O)Nc1ccc(C(=O)O)cc1)C(=O)O. The molecule has 0 aliphatic heterocycles. The van der Waals surface area contributed by atoms with Gasteiger partial charge in [0.05, 0.1) is 5.56 Å². The number of aliphatic carboxylic acids is 1. The molecule has 3 N–H and O–H groups in total. The van der Waals surface area contributed by atoms with Gasteiger partial charge in [0.25, 0.3) is 0 Å². The Morgan fingerprint density at radius 1 is 1.11 bits per heavy atom. The normalized spacial score (nSPS) is 10.8. The molecule has 1 aromatic rings. The molecule has 6 heteroatoms. The van der Waals surface area contributed by atoms with Crippen LogP contribution in [-0.2, 0) is 9.59 Å². The Morgan fingerprint density at radius 3 is 2.11 bits per heavy atom. The second kappa shape index (κ2) is 5.62. The molecule has 0 saturated carbocycles. The third-order valence-electron chi connectivity index (χ3n) is 2.08. The van der Waals surface area contributed by atoms with Gasteiger partial charge in [-0.1, -0.05) is 0 Å². The Labute approximate surface area is 103 Å². The standard InChI is InChI=1S/C12H11NO5/c1-7(11(15)16)6-10(14)13-9-4-2-8(3-5-9)12(17)18/h2-6H,1H3,(H,13,14)(H,15,16)(H,17,18). The number of benzene rings is 1. The van der Waals surface area contributed by atoms with E-state index < -0.39 is 17.8 Å². The third-order valence-corrected chi connectivity index (χ3v) is 2.08. The molecule has 0 spiro atoms. The van der Waals surface area contributed by atoms with Crippen LogP contribution in [0.25, 0.3) is 0 Å². The van der Waals surface area contributed by atoms with E-state index in [4.69, 9.17) is 10.2 Å². The van der Waals surface area contributed by atoms with Crippen molar-refractivity contribution in [1.29, 1.82) is 0 Å². The van der Waals surface area contributed by atoms with Crippen molar-refractivity contribution in [2.75, 3.05) is 5.32 Å². The van der Waals surface area contributed by atoms with Gasteiger partial charge in [-0.2, -0.15) is 0 Å². The maximum atomic E-state index is 11.4. The number of anilines is 1. The first-order chi connectivity index (χ1) is 8.40. The minimum Gasteiger partial charge on any atom is -0.478 e. The van der Waals surface area contributed by atoms with Crippen LogP contribution in [-0.4, -0.2) is 28.1 Å². The van der Waals surface area contributed by atoms with Crippen LogP contribution in [0.5, 0.6) is 0 Å². The van der Waals surface area contributed by atoms with Crippen LogP contribution in [0, 0.1) is 0 Å². The van der Waals surface area contributed by atoms with Crippen LogP contribution in [0.15, 0.2) is 35.9 Å². The van der Waals surface area contributed by atoms with Gasteiger partial charge in [-0.3, -0.25) is 4.79 Å². The monoisotopic (exact) mass is 249 g/mol. The lowest BCUT2D eigenvalue weighted by molar-refractivity contribution is -0.132. The third kappa shape index (κ3) is 3.75. The van der Waals surface area contributed by atoms with E-state index in [9.17, 15) is 14.4 Å². The lowest BCUT2D eigenvalue weighted by Crippen LogP contribution is -2.10. The molecule has 0 aliphatic carbocycles. The van der Waals surface area contributed by atoms with Gasteiger partial charge in [-0.05, 0) is 31.2 Å². The number of carboxylic acids is 2. The number of hydrogen-bond acceptors (Lipinski definition) is 3. The molecule has 0 radical (unpaired) electrons. The fourth-order valence-electron chi connectivity index (χ4n) is 1.13. The lowest BCUT2D eigenvalue weighted by Gasteiger charge is -2.02. The summed E-state index contributed by atoms with van der Waals surface area (Å²) in [6, 6.07) is 5.52. The summed E-state index contributed by atoms with van der Waals surface area (Å²) >= 11 is 0. The van der Waals surface area contributed by atoms with Crippen molar-refractivity contribution in [3.63, 3.8) is 0 Å². The van der Waals surface area contributed by atoms with Crippen molar-refractivity contribution in [3.8, 4) is 0 Å². The van der Waals surface area contributed by atoms with Gasteiger partial charge < -0.3 is 15.5 Å². The number of carbonyl (C=O) groups excluding carboxylic acids is 1. The average molecular weight is 249 g/mol. The van der Waals surface area contributed by atoms with Crippen LogP contribution in [0.1, 0.15) is 17.3 Å². The van der Waals surface area contributed by atoms with Crippen molar-refractivity contribution >= 4 is 23.5 Å². The first-order valence-electron chi connectivity index (χ1n) is 4.96. The fraction of sp³-hybridized carbons (Fsp3) is 0.0833. The highest BCUT2D eigenvalue weighted by Crippen LogP contribution is 2.09. The smallest absolute Gasteiger partial charge is 0.335 e. The minimum atomic E-state index is -1.17. The van der Waals surface area contributed by atoms with E-state index in [-0.39, 0.29) is 11.1 Å². The predicted octanol–water partition coefficient (Wildman–Crippen LogP) is 1.35. The molecule has 1 amide bonds. The molecule has 18 heavy (non-hydrogen) atoms. The Bertz CT molecular complexity index is 516. The zero-order chi connectivity index (χ0) is 13.7. The summed E-state index contributed by atoms with van der Waals surface area (Å²) in [7, 11) is 0. The van der Waals surface area contributed by atoms with E-state index >= 15 is 0 Å². The first-order valence-corrected chi connectivity index (χ1v) is 4.96. The summed E-state index contributed by atoms with van der Waals surface area (Å²) < 4.78 is 0. The van der Waals surface area contributed by atoms with Gasteiger partial charge in [0, 0.05) is 17.3 Å². The average Bonchev–Trinajstić information content (AvgIpc) is 2.29. The van der Waals surface area contributed by atoms with E-state index in [0.717, 1.165) is 6.08 Å². The number of hydrogen-bond donors (Lipinski definition) is 3. The number of carbonyl (C=O) groups is 3. The van der Waals surface area contributed by atoms with Gasteiger partial charge in [-0.15, -0.1) is 0 Å². The van der Waals surface area contributed by atoms with E-state index in [0.29, 0.717) is 5.69 Å². The Kier molecular flexibility index (Phi) is 4.20. The van der Waals surface area contributed by atoms with Gasteiger partial charge in [-0.25, -0.2) is 9.59 Å². The summed E-state index contributed by atoms with van der Waals surface area (Å²) in [5.74, 6) is -2.82. The molecule has 0 saturated heterocycles. The van der Waals surface area contributed by atoms with Crippen molar-refractivity contribution in [2.24, 2.45) is 0 Å². The Morgan fingerprint density at radius 2 is 1.67 bits per heavy atom. The van der Waals surface area contributed by atoms with Crippen molar-refractivity contribution in [2.45, 2.75) is 6.92 Å². The summed E-state index contributed by atoms with van der Waals surface area (Å²) in [5, 5.41) is 19.7. The number of aromatic carboxylic acids is 1. The molecule has 0 unspecified atom stereocenters. The first kappa shape index (κ1) is 13.4. The highest BCUT2D eigenvalue weighted by molar-refractivity contribution is 6.04. The molecule has 0 atom stereocenters. The van der Waals surface area contributed by atoms with E-state index in [1.54, 1.807) is 0 Å². The van der Waals surface area contributed by atoms with Gasteiger partial charge in [0.2, 0.25) is 5.91 Å². The Balaban J connectivity index is 2.74. The maximum Gasteiger partial charge on any atom is 0.335 e. The number of nitrogens with one attached hydrogen (secondary N) is 1. The van der Waals surface area contributed by atoms with Crippen LogP contribution < -0.4 is 5.32 Å². The van der Waals surface area contributed by atoms with Crippen molar-refractivity contribution in [3.05, 3.63) is 41.5 Å². The largest absolute Gasteiger partial charge is 0.478 e. The second-order valence-electron chi connectivity index (χ2n) is 3.50. The summed E-state index contributed by atoms with van der Waals surface area (Å²) in [5.41, 5.74) is 0.402. The van der Waals surface area contributed by atoms with Gasteiger partial charge in [0.15, 0.2) is 0 Å². The van der Waals surface area contributed by atoms with Crippen LogP contribution in [0.2, 0.25) is 0 Å². The maximum absolute atomic E-state index is 11.4. The number of carboxylic acid groups (broad SMARTS) is 2. The van der Waals surface area contributed by atoms with E-state index in [1.165, 1.54) is 31.2 Å². The van der Waals surface area contributed by atoms with E-state index in [1.807, 2.05) is 0 Å². The molecule has 0 aliphatic rings. The molecule has 1 rings (SSSR count). The van der Waals surface area contributed by atoms with Crippen LogP contribution in [0.4, 0.5) is 5.69 Å². The summed E-state index contributed by atoms with van der Waals surface area (Å²) in [4.78, 5) is 32.5. The lowest BCUT2D eigenvalue weighted by atomic mass is 10.2. The molecule has 1 aromatic carbocycles.